The molecule has 5 rings (SSSR count). The van der Waals surface area contributed by atoms with Gasteiger partial charge in [-0.15, -0.1) is 0 Å². The van der Waals surface area contributed by atoms with E-state index in [9.17, 15) is 9.59 Å². The molecule has 2 aliphatic heterocycles. The second-order valence-electron chi connectivity index (χ2n) is 8.41. The SMILES string of the molecule is O=C(NC1CCCN1C(=O)C1CCN(c2ccncc2)CC1)c1ccc2cc[nH]c2c1. The number of rotatable bonds is 4. The summed E-state index contributed by atoms with van der Waals surface area (Å²) in [6, 6.07) is 11.6. The number of benzene rings is 1. The lowest BCUT2D eigenvalue weighted by Gasteiger charge is -2.36. The number of hydrogen-bond donors (Lipinski definition) is 2. The molecule has 7 heteroatoms. The number of H-pyrrole nitrogens is 1. The van der Waals surface area contributed by atoms with Crippen molar-refractivity contribution in [2.24, 2.45) is 5.92 Å². The zero-order chi connectivity index (χ0) is 21.2. The smallest absolute Gasteiger partial charge is 0.252 e. The molecular formula is C24H27N5O2. The number of aromatic nitrogens is 2. The van der Waals surface area contributed by atoms with E-state index in [2.05, 4.69) is 20.2 Å². The van der Waals surface area contributed by atoms with E-state index >= 15 is 0 Å². The Balaban J connectivity index is 1.21. The Morgan fingerprint density at radius 3 is 2.61 bits per heavy atom. The van der Waals surface area contributed by atoms with Gasteiger partial charge in [0.1, 0.15) is 6.17 Å². The van der Waals surface area contributed by atoms with Crippen LogP contribution in [0.3, 0.4) is 0 Å². The monoisotopic (exact) mass is 417 g/mol. The highest BCUT2D eigenvalue weighted by molar-refractivity contribution is 5.98. The van der Waals surface area contributed by atoms with Crippen LogP contribution in [-0.2, 0) is 4.79 Å². The molecule has 2 aliphatic rings. The van der Waals surface area contributed by atoms with Gasteiger partial charge in [0, 0.05) is 60.9 Å². The second-order valence-corrected chi connectivity index (χ2v) is 8.41. The Morgan fingerprint density at radius 1 is 1.00 bits per heavy atom. The first kappa shape index (κ1) is 19.6. The van der Waals surface area contributed by atoms with Gasteiger partial charge in [-0.25, -0.2) is 0 Å². The molecule has 0 spiro atoms. The minimum atomic E-state index is -0.224. The minimum absolute atomic E-state index is 0.0193. The molecule has 2 fully saturated rings. The molecule has 1 unspecified atom stereocenters. The topological polar surface area (TPSA) is 81.3 Å². The Labute approximate surface area is 181 Å². The van der Waals surface area contributed by atoms with E-state index in [1.165, 1.54) is 0 Å². The Hall–Kier alpha value is -3.35. The maximum Gasteiger partial charge on any atom is 0.252 e. The van der Waals surface area contributed by atoms with Gasteiger partial charge in [0.2, 0.25) is 5.91 Å². The first-order valence-corrected chi connectivity index (χ1v) is 11.0. The zero-order valence-corrected chi connectivity index (χ0v) is 17.5. The van der Waals surface area contributed by atoms with Crippen molar-refractivity contribution in [3.8, 4) is 0 Å². The molecule has 1 aromatic carbocycles. The molecule has 2 amide bonds. The van der Waals surface area contributed by atoms with Gasteiger partial charge in [-0.3, -0.25) is 14.6 Å². The molecule has 3 aromatic rings. The molecule has 0 radical (unpaired) electrons. The molecule has 4 heterocycles. The molecule has 1 atom stereocenters. The summed E-state index contributed by atoms with van der Waals surface area (Å²) in [5.74, 6) is 0.0663. The molecule has 2 saturated heterocycles. The van der Waals surface area contributed by atoms with Crippen molar-refractivity contribution < 1.29 is 9.59 Å². The molecule has 160 valence electrons. The molecule has 2 N–H and O–H groups in total. The molecule has 31 heavy (non-hydrogen) atoms. The number of nitrogens with zero attached hydrogens (tertiary/aromatic N) is 3. The summed E-state index contributed by atoms with van der Waals surface area (Å²) in [4.78, 5) is 37.5. The molecule has 0 bridgehead atoms. The standard InChI is InChI=1S/C24H27N5O2/c30-23(19-4-3-17-5-12-26-21(17)16-19)27-22-2-1-13-29(22)24(31)18-8-14-28(15-9-18)20-6-10-25-11-7-20/h3-7,10-12,16,18,22,26H,1-2,8-9,13-15H2,(H,27,30). The maximum absolute atomic E-state index is 13.3. The number of hydrogen-bond acceptors (Lipinski definition) is 4. The van der Waals surface area contributed by atoms with Crippen LogP contribution in [0.1, 0.15) is 36.0 Å². The Kier molecular flexibility index (Phi) is 5.32. The van der Waals surface area contributed by atoms with Crippen LogP contribution in [0, 0.1) is 5.92 Å². The van der Waals surface area contributed by atoms with Gasteiger partial charge in [-0.1, -0.05) is 6.07 Å². The average molecular weight is 418 g/mol. The van der Waals surface area contributed by atoms with Crippen LogP contribution < -0.4 is 10.2 Å². The van der Waals surface area contributed by atoms with Crippen LogP contribution in [-0.4, -0.2) is 52.5 Å². The van der Waals surface area contributed by atoms with Gasteiger partial charge >= 0.3 is 0 Å². The third kappa shape index (κ3) is 4.00. The van der Waals surface area contributed by atoms with Gasteiger partial charge in [-0.05, 0) is 61.4 Å². The average Bonchev–Trinajstić information content (AvgIpc) is 3.48. The molecule has 7 nitrogen and oxygen atoms in total. The number of amides is 2. The number of likely N-dealkylation sites (tertiary alicyclic amines) is 1. The van der Waals surface area contributed by atoms with E-state index in [0.717, 1.165) is 55.4 Å². The quantitative estimate of drug-likeness (QED) is 0.683. The fourth-order valence-electron chi connectivity index (χ4n) is 4.78. The number of carbonyl (C=O) groups is 2. The molecule has 0 aliphatic carbocycles. The highest BCUT2D eigenvalue weighted by atomic mass is 16.2. The van der Waals surface area contributed by atoms with Crippen molar-refractivity contribution in [1.82, 2.24) is 20.2 Å². The predicted octanol–water partition coefficient (Wildman–Crippen LogP) is 3.16. The van der Waals surface area contributed by atoms with Crippen LogP contribution >= 0.6 is 0 Å². The van der Waals surface area contributed by atoms with Crippen LogP contribution in [0.15, 0.2) is 55.0 Å². The van der Waals surface area contributed by atoms with E-state index in [1.807, 2.05) is 47.5 Å². The number of nitrogens with one attached hydrogen (secondary N) is 2. The summed E-state index contributed by atoms with van der Waals surface area (Å²) in [7, 11) is 0. The molecule has 2 aromatic heterocycles. The number of piperidine rings is 1. The van der Waals surface area contributed by atoms with Crippen molar-refractivity contribution in [3.63, 3.8) is 0 Å². The summed E-state index contributed by atoms with van der Waals surface area (Å²) >= 11 is 0. The number of fused-ring (bicyclic) bond motifs is 1. The fraction of sp³-hybridized carbons (Fsp3) is 0.375. The van der Waals surface area contributed by atoms with Crippen molar-refractivity contribution in [2.45, 2.75) is 31.8 Å². The van der Waals surface area contributed by atoms with Crippen molar-refractivity contribution in [2.75, 3.05) is 24.5 Å². The largest absolute Gasteiger partial charge is 0.371 e. The van der Waals surface area contributed by atoms with Crippen molar-refractivity contribution >= 4 is 28.4 Å². The number of anilines is 1. The Morgan fingerprint density at radius 2 is 1.81 bits per heavy atom. The lowest BCUT2D eigenvalue weighted by Crippen LogP contribution is -2.50. The first-order chi connectivity index (χ1) is 15.2. The van der Waals surface area contributed by atoms with Gasteiger partial charge in [0.15, 0.2) is 0 Å². The zero-order valence-electron chi connectivity index (χ0n) is 17.5. The molecule has 0 saturated carbocycles. The predicted molar refractivity (Wildman–Crippen MR) is 120 cm³/mol. The third-order valence-corrected chi connectivity index (χ3v) is 6.52. The summed E-state index contributed by atoms with van der Waals surface area (Å²) < 4.78 is 0. The summed E-state index contributed by atoms with van der Waals surface area (Å²) in [6.07, 6.45) is 8.64. The van der Waals surface area contributed by atoms with Crippen molar-refractivity contribution in [3.05, 3.63) is 60.6 Å². The lowest BCUT2D eigenvalue weighted by molar-refractivity contribution is -0.137. The van der Waals surface area contributed by atoms with Gasteiger partial charge < -0.3 is 20.1 Å². The van der Waals surface area contributed by atoms with Crippen LogP contribution in [0.5, 0.6) is 0 Å². The van der Waals surface area contributed by atoms with E-state index in [1.54, 1.807) is 12.4 Å². The first-order valence-electron chi connectivity index (χ1n) is 11.0. The van der Waals surface area contributed by atoms with Gasteiger partial charge in [0.05, 0.1) is 0 Å². The van der Waals surface area contributed by atoms with Gasteiger partial charge in [0.25, 0.3) is 5.91 Å². The van der Waals surface area contributed by atoms with Gasteiger partial charge in [-0.2, -0.15) is 0 Å². The third-order valence-electron chi connectivity index (χ3n) is 6.52. The lowest BCUT2D eigenvalue weighted by atomic mass is 9.95. The minimum Gasteiger partial charge on any atom is -0.371 e. The van der Waals surface area contributed by atoms with Crippen LogP contribution in [0.2, 0.25) is 0 Å². The summed E-state index contributed by atoms with van der Waals surface area (Å²) in [5.41, 5.74) is 2.71. The number of aromatic amines is 1. The molecular weight excluding hydrogens is 390 g/mol. The fourth-order valence-corrected chi connectivity index (χ4v) is 4.78. The highest BCUT2D eigenvalue weighted by Gasteiger charge is 2.35. The summed E-state index contributed by atoms with van der Waals surface area (Å²) in [5, 5.41) is 4.17. The number of carbonyl (C=O) groups excluding carboxylic acids is 2. The van der Waals surface area contributed by atoms with Crippen molar-refractivity contribution in [1.29, 1.82) is 0 Å². The van der Waals surface area contributed by atoms with E-state index in [0.29, 0.717) is 12.1 Å². The van der Waals surface area contributed by atoms with Crippen LogP contribution in [0.25, 0.3) is 10.9 Å². The number of pyridine rings is 1. The highest BCUT2D eigenvalue weighted by Crippen LogP contribution is 2.27. The summed E-state index contributed by atoms with van der Waals surface area (Å²) in [6.45, 7) is 2.44. The maximum atomic E-state index is 13.3. The second kappa shape index (κ2) is 8.41. The van der Waals surface area contributed by atoms with E-state index < -0.39 is 0 Å². The van der Waals surface area contributed by atoms with E-state index in [-0.39, 0.29) is 23.9 Å². The Bertz CT molecular complexity index is 1070. The van der Waals surface area contributed by atoms with Crippen LogP contribution in [0.4, 0.5) is 5.69 Å². The normalized spacial score (nSPS) is 19.7. The van der Waals surface area contributed by atoms with E-state index in [4.69, 9.17) is 0 Å².